The Bertz CT molecular complexity index is 795. The summed E-state index contributed by atoms with van der Waals surface area (Å²) in [5.74, 6) is 1.29. The summed E-state index contributed by atoms with van der Waals surface area (Å²) in [5.41, 5.74) is 1.75. The number of methoxy groups -OCH3 is 1. The Morgan fingerprint density at radius 1 is 1.15 bits per heavy atom. The molecule has 0 spiro atoms. The average molecular weight is 433 g/mol. The van der Waals surface area contributed by atoms with Crippen molar-refractivity contribution in [2.45, 2.75) is 6.54 Å². The minimum absolute atomic E-state index is 0.132. The van der Waals surface area contributed by atoms with Gasteiger partial charge in [0.1, 0.15) is 5.75 Å². The van der Waals surface area contributed by atoms with E-state index in [-0.39, 0.29) is 5.91 Å². The standard InChI is InChI=1S/C20H25BrN4O2/c1-22-20(25(2)14-16-7-4-5-10-18(16)21)24-12-11-23-19(26)15-8-6-9-17(13-15)27-3/h4-10,13H,11-12,14H2,1-3H3,(H,22,24)(H,23,26). The third-order valence-electron chi connectivity index (χ3n) is 3.96. The monoisotopic (exact) mass is 432 g/mol. The maximum absolute atomic E-state index is 12.2. The molecule has 0 unspecified atom stereocenters. The molecule has 1 amide bonds. The van der Waals surface area contributed by atoms with Crippen LogP contribution in [0.5, 0.6) is 5.75 Å². The number of rotatable bonds is 7. The number of halogens is 1. The molecule has 7 heteroatoms. The zero-order valence-corrected chi connectivity index (χ0v) is 17.4. The van der Waals surface area contributed by atoms with Crippen LogP contribution in [0.25, 0.3) is 0 Å². The van der Waals surface area contributed by atoms with Crippen LogP contribution in [0.3, 0.4) is 0 Å². The van der Waals surface area contributed by atoms with Gasteiger partial charge in [-0.05, 0) is 29.8 Å². The highest BCUT2D eigenvalue weighted by Gasteiger charge is 2.09. The molecular weight excluding hydrogens is 408 g/mol. The highest BCUT2D eigenvalue weighted by molar-refractivity contribution is 9.10. The van der Waals surface area contributed by atoms with Gasteiger partial charge in [0.25, 0.3) is 5.91 Å². The van der Waals surface area contributed by atoms with Crippen LogP contribution in [-0.2, 0) is 6.54 Å². The van der Waals surface area contributed by atoms with Gasteiger partial charge in [0.05, 0.1) is 7.11 Å². The number of nitrogens with one attached hydrogen (secondary N) is 2. The maximum Gasteiger partial charge on any atom is 0.251 e. The van der Waals surface area contributed by atoms with Crippen molar-refractivity contribution < 1.29 is 9.53 Å². The highest BCUT2D eigenvalue weighted by atomic mass is 79.9. The summed E-state index contributed by atoms with van der Waals surface area (Å²) >= 11 is 3.56. The van der Waals surface area contributed by atoms with Crippen LogP contribution < -0.4 is 15.4 Å². The quantitative estimate of drug-likeness (QED) is 0.401. The van der Waals surface area contributed by atoms with Crippen molar-refractivity contribution in [1.29, 1.82) is 0 Å². The van der Waals surface area contributed by atoms with Crippen molar-refractivity contribution in [1.82, 2.24) is 15.5 Å². The fraction of sp³-hybridized carbons (Fsp3) is 0.300. The van der Waals surface area contributed by atoms with Crippen LogP contribution in [-0.4, -0.2) is 51.1 Å². The Hall–Kier alpha value is -2.54. The zero-order chi connectivity index (χ0) is 19.6. The van der Waals surface area contributed by atoms with E-state index in [0.717, 1.165) is 17.0 Å². The van der Waals surface area contributed by atoms with Crippen molar-refractivity contribution in [3.63, 3.8) is 0 Å². The molecule has 0 heterocycles. The Morgan fingerprint density at radius 3 is 2.59 bits per heavy atom. The number of carbonyl (C=O) groups excluding carboxylic acids is 1. The third-order valence-corrected chi connectivity index (χ3v) is 4.74. The average Bonchev–Trinajstić information content (AvgIpc) is 2.69. The molecule has 0 fully saturated rings. The maximum atomic E-state index is 12.2. The lowest BCUT2D eigenvalue weighted by molar-refractivity contribution is 0.0954. The second-order valence-electron chi connectivity index (χ2n) is 5.91. The summed E-state index contributed by atoms with van der Waals surface area (Å²) < 4.78 is 6.21. The van der Waals surface area contributed by atoms with Gasteiger partial charge in [-0.25, -0.2) is 0 Å². The van der Waals surface area contributed by atoms with Gasteiger partial charge in [-0.15, -0.1) is 0 Å². The van der Waals surface area contributed by atoms with Gasteiger partial charge in [-0.3, -0.25) is 9.79 Å². The zero-order valence-electron chi connectivity index (χ0n) is 15.8. The molecule has 2 N–H and O–H groups in total. The number of nitrogens with zero attached hydrogens (tertiary/aromatic N) is 2. The van der Waals surface area contributed by atoms with Gasteiger partial charge in [0.15, 0.2) is 5.96 Å². The highest BCUT2D eigenvalue weighted by Crippen LogP contribution is 2.17. The fourth-order valence-electron chi connectivity index (χ4n) is 2.56. The number of guanidine groups is 1. The first kappa shape index (κ1) is 20.8. The van der Waals surface area contributed by atoms with Crippen LogP contribution in [0.1, 0.15) is 15.9 Å². The van der Waals surface area contributed by atoms with E-state index in [4.69, 9.17) is 4.74 Å². The Labute approximate surface area is 168 Å². The molecule has 0 aliphatic heterocycles. The Balaban J connectivity index is 1.80. The molecule has 0 saturated carbocycles. The lowest BCUT2D eigenvalue weighted by Gasteiger charge is -2.22. The molecular formula is C20H25BrN4O2. The van der Waals surface area contributed by atoms with Crippen molar-refractivity contribution in [3.8, 4) is 5.75 Å². The molecule has 0 aliphatic rings. The lowest BCUT2D eigenvalue weighted by Crippen LogP contribution is -2.42. The van der Waals surface area contributed by atoms with Crippen LogP contribution in [0.2, 0.25) is 0 Å². The molecule has 0 aromatic heterocycles. The van der Waals surface area contributed by atoms with Gasteiger partial charge >= 0.3 is 0 Å². The molecule has 2 aromatic carbocycles. The molecule has 2 rings (SSSR count). The van der Waals surface area contributed by atoms with Gasteiger partial charge in [0, 0.05) is 43.8 Å². The second-order valence-corrected chi connectivity index (χ2v) is 6.76. The summed E-state index contributed by atoms with van der Waals surface area (Å²) in [6, 6.07) is 15.2. The molecule has 0 aliphatic carbocycles. The predicted octanol–water partition coefficient (Wildman–Crippen LogP) is 2.89. The molecule has 0 saturated heterocycles. The fourth-order valence-corrected chi connectivity index (χ4v) is 2.97. The van der Waals surface area contributed by atoms with E-state index >= 15 is 0 Å². The van der Waals surface area contributed by atoms with E-state index < -0.39 is 0 Å². The molecule has 2 aromatic rings. The number of hydrogen-bond acceptors (Lipinski definition) is 3. The molecule has 27 heavy (non-hydrogen) atoms. The molecule has 144 valence electrons. The van der Waals surface area contributed by atoms with E-state index in [1.54, 1.807) is 32.4 Å². The van der Waals surface area contributed by atoms with E-state index in [0.29, 0.717) is 24.4 Å². The van der Waals surface area contributed by atoms with Crippen molar-refractivity contribution >= 4 is 27.8 Å². The van der Waals surface area contributed by atoms with Crippen LogP contribution in [0.4, 0.5) is 0 Å². The number of amides is 1. The molecule has 6 nitrogen and oxygen atoms in total. The molecule has 0 atom stereocenters. The minimum atomic E-state index is -0.132. The van der Waals surface area contributed by atoms with E-state index in [1.807, 2.05) is 36.2 Å². The summed E-state index contributed by atoms with van der Waals surface area (Å²) in [5, 5.41) is 6.15. The summed E-state index contributed by atoms with van der Waals surface area (Å²) in [6.45, 7) is 1.78. The van der Waals surface area contributed by atoms with Crippen LogP contribution in [0.15, 0.2) is 58.0 Å². The third kappa shape index (κ3) is 6.29. The van der Waals surface area contributed by atoms with Crippen LogP contribution >= 0.6 is 15.9 Å². The van der Waals surface area contributed by atoms with Crippen LogP contribution in [0, 0.1) is 0 Å². The van der Waals surface area contributed by atoms with Gasteiger partial charge in [0.2, 0.25) is 0 Å². The van der Waals surface area contributed by atoms with Gasteiger partial charge in [-0.1, -0.05) is 40.2 Å². The number of carbonyl (C=O) groups is 1. The molecule has 0 bridgehead atoms. The molecule has 0 radical (unpaired) electrons. The summed E-state index contributed by atoms with van der Waals surface area (Å²) in [7, 11) is 5.30. The van der Waals surface area contributed by atoms with Crippen molar-refractivity contribution in [2.24, 2.45) is 4.99 Å². The van der Waals surface area contributed by atoms with Crippen molar-refractivity contribution in [3.05, 3.63) is 64.1 Å². The summed E-state index contributed by atoms with van der Waals surface area (Å²) in [6.07, 6.45) is 0. The first-order valence-electron chi connectivity index (χ1n) is 8.62. The minimum Gasteiger partial charge on any atom is -0.497 e. The smallest absolute Gasteiger partial charge is 0.251 e. The summed E-state index contributed by atoms with van der Waals surface area (Å²) in [4.78, 5) is 18.5. The van der Waals surface area contributed by atoms with Crippen molar-refractivity contribution in [2.75, 3.05) is 34.3 Å². The largest absolute Gasteiger partial charge is 0.497 e. The van der Waals surface area contributed by atoms with Gasteiger partial charge in [-0.2, -0.15) is 0 Å². The number of aliphatic imine (C=N–C) groups is 1. The lowest BCUT2D eigenvalue weighted by atomic mass is 10.2. The Kier molecular flexibility index (Phi) is 8.13. The van der Waals surface area contributed by atoms with E-state index in [2.05, 4.69) is 37.6 Å². The first-order chi connectivity index (χ1) is 13.0. The second kappa shape index (κ2) is 10.6. The number of benzene rings is 2. The predicted molar refractivity (Wildman–Crippen MR) is 112 cm³/mol. The number of ether oxygens (including phenoxy) is 1. The normalized spacial score (nSPS) is 11.0. The van der Waals surface area contributed by atoms with Gasteiger partial charge < -0.3 is 20.3 Å². The first-order valence-corrected chi connectivity index (χ1v) is 9.42. The Morgan fingerprint density at radius 2 is 1.89 bits per heavy atom. The van der Waals surface area contributed by atoms with E-state index in [9.17, 15) is 4.79 Å². The topological polar surface area (TPSA) is 66.0 Å². The van der Waals surface area contributed by atoms with E-state index in [1.165, 1.54) is 5.56 Å². The SMILES string of the molecule is CN=C(NCCNC(=O)c1cccc(OC)c1)N(C)Cc1ccccc1Br. The number of hydrogen-bond donors (Lipinski definition) is 2.